The van der Waals surface area contributed by atoms with E-state index in [1.165, 1.54) is 0 Å². The third-order valence-corrected chi connectivity index (χ3v) is 3.12. The molecule has 0 amide bonds. The van der Waals surface area contributed by atoms with Crippen molar-refractivity contribution in [3.8, 4) is 0 Å². The van der Waals surface area contributed by atoms with Gasteiger partial charge in [-0.25, -0.2) is 0 Å². The van der Waals surface area contributed by atoms with E-state index in [9.17, 15) is 4.79 Å². The summed E-state index contributed by atoms with van der Waals surface area (Å²) in [5.74, 6) is -0.988. The largest absolute Gasteiger partial charge is 0.481 e. The van der Waals surface area contributed by atoms with E-state index in [-0.39, 0.29) is 11.3 Å². The fourth-order valence-electron chi connectivity index (χ4n) is 1.95. The molecule has 0 aliphatic heterocycles. The summed E-state index contributed by atoms with van der Waals surface area (Å²) in [6, 6.07) is 3.90. The van der Waals surface area contributed by atoms with Crippen LogP contribution in [0.15, 0.2) is 18.3 Å². The summed E-state index contributed by atoms with van der Waals surface area (Å²) < 4.78 is 0. The van der Waals surface area contributed by atoms with Crippen molar-refractivity contribution in [1.29, 1.82) is 0 Å². The molecule has 0 radical (unpaired) electrons. The number of H-pyrrole nitrogens is 1. The van der Waals surface area contributed by atoms with Crippen molar-refractivity contribution in [3.63, 3.8) is 0 Å². The standard InChI is InChI=1S/C10H13NO2/c1-7(9(12)13)10(4-5-10)8-3-2-6-11-8/h2-3,6-7,11H,4-5H2,1H3,(H,12,13). The molecule has 13 heavy (non-hydrogen) atoms. The van der Waals surface area contributed by atoms with Crippen LogP contribution in [-0.2, 0) is 10.2 Å². The summed E-state index contributed by atoms with van der Waals surface area (Å²) in [6.45, 7) is 1.79. The molecule has 1 fully saturated rings. The summed E-state index contributed by atoms with van der Waals surface area (Å²) in [4.78, 5) is 14.0. The van der Waals surface area contributed by atoms with Crippen molar-refractivity contribution in [2.45, 2.75) is 25.2 Å². The number of carboxylic acids is 1. The Hall–Kier alpha value is -1.25. The Morgan fingerprint density at radius 3 is 2.77 bits per heavy atom. The van der Waals surface area contributed by atoms with Crippen LogP contribution in [0.4, 0.5) is 0 Å². The minimum Gasteiger partial charge on any atom is -0.481 e. The zero-order chi connectivity index (χ0) is 9.47. The first-order valence-electron chi connectivity index (χ1n) is 4.53. The van der Waals surface area contributed by atoms with E-state index in [4.69, 9.17) is 5.11 Å². The summed E-state index contributed by atoms with van der Waals surface area (Å²) in [7, 11) is 0. The molecule has 3 heteroatoms. The maximum absolute atomic E-state index is 10.9. The number of hydrogen-bond donors (Lipinski definition) is 2. The van der Waals surface area contributed by atoms with Crippen LogP contribution in [0.1, 0.15) is 25.5 Å². The monoisotopic (exact) mass is 179 g/mol. The first kappa shape index (κ1) is 8.35. The van der Waals surface area contributed by atoms with Crippen LogP contribution in [0, 0.1) is 5.92 Å². The number of hydrogen-bond acceptors (Lipinski definition) is 1. The van der Waals surface area contributed by atoms with Gasteiger partial charge in [-0.2, -0.15) is 0 Å². The fourth-order valence-corrected chi connectivity index (χ4v) is 1.95. The zero-order valence-corrected chi connectivity index (χ0v) is 7.58. The predicted molar refractivity (Wildman–Crippen MR) is 48.5 cm³/mol. The lowest BCUT2D eigenvalue weighted by Crippen LogP contribution is -2.25. The molecule has 2 rings (SSSR count). The van der Waals surface area contributed by atoms with Gasteiger partial charge in [0.25, 0.3) is 0 Å². The van der Waals surface area contributed by atoms with Gasteiger partial charge in [-0.05, 0) is 25.0 Å². The maximum atomic E-state index is 10.9. The van der Waals surface area contributed by atoms with E-state index >= 15 is 0 Å². The van der Waals surface area contributed by atoms with E-state index in [1.807, 2.05) is 18.3 Å². The van der Waals surface area contributed by atoms with Gasteiger partial charge in [-0.3, -0.25) is 4.79 Å². The minimum atomic E-state index is -0.702. The van der Waals surface area contributed by atoms with Crippen LogP contribution in [0.3, 0.4) is 0 Å². The number of carbonyl (C=O) groups is 1. The lowest BCUT2D eigenvalue weighted by molar-refractivity contribution is -0.142. The average Bonchev–Trinajstić information content (AvgIpc) is 2.72. The topological polar surface area (TPSA) is 53.1 Å². The highest BCUT2D eigenvalue weighted by molar-refractivity contribution is 5.72. The summed E-state index contributed by atoms with van der Waals surface area (Å²) in [5, 5.41) is 8.94. The average molecular weight is 179 g/mol. The molecule has 1 unspecified atom stereocenters. The molecule has 1 aliphatic carbocycles. The number of rotatable bonds is 3. The molecule has 0 aromatic carbocycles. The summed E-state index contributed by atoms with van der Waals surface area (Å²) >= 11 is 0. The van der Waals surface area contributed by atoms with Gasteiger partial charge >= 0.3 is 5.97 Å². The van der Waals surface area contributed by atoms with Crippen LogP contribution in [0.2, 0.25) is 0 Å². The molecule has 1 aliphatic rings. The highest BCUT2D eigenvalue weighted by Gasteiger charge is 2.52. The van der Waals surface area contributed by atoms with Crippen molar-refractivity contribution in [1.82, 2.24) is 4.98 Å². The van der Waals surface area contributed by atoms with Gasteiger partial charge in [0.2, 0.25) is 0 Å². The van der Waals surface area contributed by atoms with Crippen molar-refractivity contribution >= 4 is 5.97 Å². The third-order valence-electron chi connectivity index (χ3n) is 3.12. The number of aromatic nitrogens is 1. The number of aromatic amines is 1. The second-order valence-electron chi connectivity index (χ2n) is 3.80. The van der Waals surface area contributed by atoms with Crippen molar-refractivity contribution in [3.05, 3.63) is 24.0 Å². The minimum absolute atomic E-state index is 0.102. The lowest BCUT2D eigenvalue weighted by Gasteiger charge is -2.18. The first-order chi connectivity index (χ1) is 6.17. The molecule has 0 saturated heterocycles. The van der Waals surface area contributed by atoms with Gasteiger partial charge in [0, 0.05) is 17.3 Å². The van der Waals surface area contributed by atoms with E-state index in [0.717, 1.165) is 18.5 Å². The molecule has 0 bridgehead atoms. The summed E-state index contributed by atoms with van der Waals surface area (Å²) in [5.41, 5.74) is 0.970. The Balaban J connectivity index is 2.27. The highest BCUT2D eigenvalue weighted by atomic mass is 16.4. The molecule has 1 saturated carbocycles. The Kier molecular flexibility index (Phi) is 1.68. The Morgan fingerprint density at radius 2 is 2.38 bits per heavy atom. The lowest BCUT2D eigenvalue weighted by atomic mass is 9.88. The van der Waals surface area contributed by atoms with Crippen LogP contribution in [-0.4, -0.2) is 16.1 Å². The first-order valence-corrected chi connectivity index (χ1v) is 4.53. The quantitative estimate of drug-likeness (QED) is 0.742. The second-order valence-corrected chi connectivity index (χ2v) is 3.80. The van der Waals surface area contributed by atoms with E-state index in [0.29, 0.717) is 0 Å². The fraction of sp³-hybridized carbons (Fsp3) is 0.500. The van der Waals surface area contributed by atoms with Crippen molar-refractivity contribution in [2.75, 3.05) is 0 Å². The van der Waals surface area contributed by atoms with E-state index in [2.05, 4.69) is 4.98 Å². The number of aliphatic carboxylic acids is 1. The SMILES string of the molecule is CC(C(=O)O)C1(c2ccc[nH]2)CC1. The van der Waals surface area contributed by atoms with Gasteiger partial charge in [-0.15, -0.1) is 0 Å². The third kappa shape index (κ3) is 1.15. The molecule has 1 atom stereocenters. The number of nitrogens with one attached hydrogen (secondary N) is 1. The maximum Gasteiger partial charge on any atom is 0.307 e. The number of carboxylic acid groups (broad SMARTS) is 1. The summed E-state index contributed by atoms with van der Waals surface area (Å²) in [6.07, 6.45) is 3.83. The molecule has 70 valence electrons. The Labute approximate surface area is 76.8 Å². The Bertz CT molecular complexity index is 312. The van der Waals surface area contributed by atoms with E-state index < -0.39 is 5.97 Å². The molecule has 0 spiro atoms. The van der Waals surface area contributed by atoms with Crippen LogP contribution >= 0.6 is 0 Å². The smallest absolute Gasteiger partial charge is 0.307 e. The van der Waals surface area contributed by atoms with E-state index in [1.54, 1.807) is 6.92 Å². The van der Waals surface area contributed by atoms with Crippen LogP contribution < -0.4 is 0 Å². The van der Waals surface area contributed by atoms with Gasteiger partial charge in [0.15, 0.2) is 0 Å². The second kappa shape index (κ2) is 2.62. The highest BCUT2D eigenvalue weighted by Crippen LogP contribution is 2.53. The van der Waals surface area contributed by atoms with Crippen molar-refractivity contribution in [2.24, 2.45) is 5.92 Å². The predicted octanol–water partition coefficient (Wildman–Crippen LogP) is 1.77. The van der Waals surface area contributed by atoms with Gasteiger partial charge in [-0.1, -0.05) is 6.92 Å². The van der Waals surface area contributed by atoms with Gasteiger partial charge < -0.3 is 10.1 Å². The van der Waals surface area contributed by atoms with Gasteiger partial charge in [0.05, 0.1) is 5.92 Å². The Morgan fingerprint density at radius 1 is 1.69 bits per heavy atom. The molecular weight excluding hydrogens is 166 g/mol. The zero-order valence-electron chi connectivity index (χ0n) is 7.58. The molecular formula is C10H13NO2. The molecule has 1 aromatic heterocycles. The van der Waals surface area contributed by atoms with Gasteiger partial charge in [0.1, 0.15) is 0 Å². The van der Waals surface area contributed by atoms with Crippen molar-refractivity contribution < 1.29 is 9.90 Å². The van der Waals surface area contributed by atoms with Crippen LogP contribution in [0.25, 0.3) is 0 Å². The molecule has 2 N–H and O–H groups in total. The van der Waals surface area contributed by atoms with Crippen LogP contribution in [0.5, 0.6) is 0 Å². The normalized spacial score (nSPS) is 21.0. The molecule has 3 nitrogen and oxygen atoms in total. The molecule has 1 aromatic rings. The molecule has 1 heterocycles.